The minimum Gasteiger partial charge on any atom is -0.378 e. The Balaban J connectivity index is 1.57. The van der Waals surface area contributed by atoms with Crippen molar-refractivity contribution in [3.05, 3.63) is 58.2 Å². The number of ether oxygens (including phenoxy) is 1. The van der Waals surface area contributed by atoms with Gasteiger partial charge < -0.3 is 14.5 Å². The van der Waals surface area contributed by atoms with Crippen LogP contribution in [0.25, 0.3) is 20.8 Å². The monoisotopic (exact) mass is 495 g/mol. The Labute approximate surface area is 205 Å². The molecule has 0 spiro atoms. The van der Waals surface area contributed by atoms with Crippen LogP contribution >= 0.6 is 22.7 Å². The Bertz CT molecular complexity index is 1340. The van der Waals surface area contributed by atoms with Crippen LogP contribution in [0.3, 0.4) is 0 Å². The predicted molar refractivity (Wildman–Crippen MR) is 137 cm³/mol. The molecule has 0 atom stereocenters. The molecule has 0 saturated carbocycles. The maximum Gasteiger partial charge on any atom is 0.294 e. The van der Waals surface area contributed by atoms with E-state index in [-0.39, 0.29) is 24.1 Å². The number of hydrogen-bond donors (Lipinski definition) is 0. The van der Waals surface area contributed by atoms with E-state index >= 15 is 0 Å². The summed E-state index contributed by atoms with van der Waals surface area (Å²) in [6.45, 7) is 6.48. The first kappa shape index (κ1) is 22.7. The summed E-state index contributed by atoms with van der Waals surface area (Å²) in [6.07, 6.45) is 0. The molecule has 1 saturated heterocycles. The lowest BCUT2D eigenvalue weighted by molar-refractivity contribution is -0.119. The van der Waals surface area contributed by atoms with Crippen LogP contribution < -0.4 is 15.4 Å². The molecule has 0 radical (unpaired) electrons. The van der Waals surface area contributed by atoms with Crippen molar-refractivity contribution in [3.8, 4) is 10.6 Å². The van der Waals surface area contributed by atoms with Crippen LogP contribution in [0.15, 0.2) is 52.6 Å². The molecule has 34 heavy (non-hydrogen) atoms. The van der Waals surface area contributed by atoms with Gasteiger partial charge in [0.2, 0.25) is 5.91 Å². The fourth-order valence-corrected chi connectivity index (χ4v) is 5.93. The van der Waals surface area contributed by atoms with Gasteiger partial charge in [0.25, 0.3) is 5.56 Å². The van der Waals surface area contributed by atoms with Gasteiger partial charge in [0.15, 0.2) is 10.6 Å². The van der Waals surface area contributed by atoms with Gasteiger partial charge in [-0.15, -0.1) is 11.3 Å². The molecule has 4 heterocycles. The Morgan fingerprint density at radius 3 is 2.59 bits per heavy atom. The van der Waals surface area contributed by atoms with Crippen LogP contribution in [-0.2, 0) is 16.1 Å². The van der Waals surface area contributed by atoms with Gasteiger partial charge in [0, 0.05) is 24.8 Å². The molecule has 1 aliphatic rings. The normalized spacial score (nSPS) is 14.1. The summed E-state index contributed by atoms with van der Waals surface area (Å²) in [5.41, 5.74) is 1.48. The third-order valence-electron chi connectivity index (χ3n) is 5.63. The topological polar surface area (TPSA) is 80.6 Å². The highest BCUT2D eigenvalue weighted by atomic mass is 32.1. The fraction of sp³-hybridized carbons (Fsp3) is 0.333. The van der Waals surface area contributed by atoms with E-state index in [0.717, 1.165) is 33.5 Å². The van der Waals surface area contributed by atoms with Crippen molar-refractivity contribution < 1.29 is 9.53 Å². The number of anilines is 2. The highest BCUT2D eigenvalue weighted by Gasteiger charge is 2.25. The maximum atomic E-state index is 13.4. The van der Waals surface area contributed by atoms with Crippen molar-refractivity contribution in [2.45, 2.75) is 26.4 Å². The van der Waals surface area contributed by atoms with Gasteiger partial charge >= 0.3 is 0 Å². The average Bonchev–Trinajstić information content (AvgIpc) is 3.53. The van der Waals surface area contributed by atoms with E-state index < -0.39 is 0 Å². The molecule has 4 aromatic rings. The van der Waals surface area contributed by atoms with Crippen LogP contribution in [-0.4, -0.2) is 53.0 Å². The smallest absolute Gasteiger partial charge is 0.294 e. The fourth-order valence-electron chi connectivity index (χ4n) is 4.04. The number of morpholine rings is 1. The van der Waals surface area contributed by atoms with E-state index in [2.05, 4.69) is 10.00 Å². The Morgan fingerprint density at radius 1 is 1.15 bits per heavy atom. The van der Waals surface area contributed by atoms with E-state index in [4.69, 9.17) is 9.72 Å². The summed E-state index contributed by atoms with van der Waals surface area (Å²) < 4.78 is 7.48. The first-order valence-electron chi connectivity index (χ1n) is 11.2. The Hall–Kier alpha value is -3.08. The number of carbonyl (C=O) groups excluding carboxylic acids is 1. The van der Waals surface area contributed by atoms with E-state index in [9.17, 15) is 9.59 Å². The average molecular weight is 496 g/mol. The first-order chi connectivity index (χ1) is 16.5. The Kier molecular flexibility index (Phi) is 6.44. The molecule has 8 nitrogen and oxygen atoms in total. The van der Waals surface area contributed by atoms with Gasteiger partial charge in [0.1, 0.15) is 12.2 Å². The van der Waals surface area contributed by atoms with Crippen molar-refractivity contribution >= 4 is 49.6 Å². The van der Waals surface area contributed by atoms with Crippen LogP contribution in [0.1, 0.15) is 13.8 Å². The van der Waals surface area contributed by atoms with Crippen molar-refractivity contribution in [1.82, 2.24) is 14.8 Å². The summed E-state index contributed by atoms with van der Waals surface area (Å²) in [7, 11) is 0. The minimum absolute atomic E-state index is 0.0710. The summed E-state index contributed by atoms with van der Waals surface area (Å²) in [6, 6.07) is 13.3. The number of benzene rings is 1. The van der Waals surface area contributed by atoms with Gasteiger partial charge in [-0.05, 0) is 37.4 Å². The first-order valence-corrected chi connectivity index (χ1v) is 12.9. The van der Waals surface area contributed by atoms with Crippen molar-refractivity contribution in [2.75, 3.05) is 36.1 Å². The number of nitrogens with zero attached hydrogens (tertiary/aromatic N) is 5. The molecule has 5 rings (SSSR count). The highest BCUT2D eigenvalue weighted by molar-refractivity contribution is 7.23. The van der Waals surface area contributed by atoms with Crippen LogP contribution in [0.2, 0.25) is 0 Å². The SMILES string of the molecule is CC(C)N(C(=O)Cn1nc(-c2cccs2)c2sc(N3CCOCC3)nc2c1=O)c1ccccc1. The van der Waals surface area contributed by atoms with Crippen LogP contribution in [0.4, 0.5) is 10.8 Å². The number of thiazole rings is 1. The Morgan fingerprint density at radius 2 is 1.91 bits per heavy atom. The molecule has 0 bridgehead atoms. The van der Waals surface area contributed by atoms with E-state index in [1.807, 2.05) is 61.7 Å². The number of carbonyl (C=O) groups is 1. The molecule has 1 aromatic carbocycles. The number of para-hydroxylation sites is 1. The summed E-state index contributed by atoms with van der Waals surface area (Å²) >= 11 is 3.02. The molecule has 0 aliphatic carbocycles. The lowest BCUT2D eigenvalue weighted by Gasteiger charge is -2.27. The van der Waals surface area contributed by atoms with E-state index in [1.165, 1.54) is 16.0 Å². The lowest BCUT2D eigenvalue weighted by atomic mass is 10.2. The molecule has 10 heteroatoms. The second-order valence-electron chi connectivity index (χ2n) is 8.26. The third-order valence-corrected chi connectivity index (χ3v) is 7.63. The van der Waals surface area contributed by atoms with Crippen molar-refractivity contribution in [3.63, 3.8) is 0 Å². The number of hydrogen-bond acceptors (Lipinski definition) is 8. The molecule has 3 aromatic heterocycles. The predicted octanol–water partition coefficient (Wildman–Crippen LogP) is 3.86. The summed E-state index contributed by atoms with van der Waals surface area (Å²) in [5, 5.41) is 7.43. The van der Waals surface area contributed by atoms with Crippen molar-refractivity contribution in [2.24, 2.45) is 0 Å². The van der Waals surface area contributed by atoms with Crippen molar-refractivity contribution in [1.29, 1.82) is 0 Å². The molecule has 176 valence electrons. The summed E-state index contributed by atoms with van der Waals surface area (Å²) in [4.78, 5) is 36.3. The molecular formula is C24H25N5O3S2. The zero-order valence-corrected chi connectivity index (χ0v) is 20.6. The highest BCUT2D eigenvalue weighted by Crippen LogP contribution is 2.35. The standard InChI is InChI=1S/C24H25N5O3S2/c1-16(2)29(17-7-4-3-5-8-17)19(30)15-28-23(31)21-22(20(26-28)18-9-6-14-33-18)34-24(25-21)27-10-12-32-13-11-27/h3-9,14,16H,10-13,15H2,1-2H3. The largest absolute Gasteiger partial charge is 0.378 e. The third kappa shape index (κ3) is 4.36. The van der Waals surface area contributed by atoms with Gasteiger partial charge in [-0.2, -0.15) is 5.10 Å². The molecule has 0 unspecified atom stereocenters. The van der Waals surface area contributed by atoms with E-state index in [0.29, 0.717) is 24.4 Å². The molecular weight excluding hydrogens is 470 g/mol. The zero-order chi connectivity index (χ0) is 23.7. The molecule has 1 aliphatic heterocycles. The molecule has 1 amide bonds. The summed E-state index contributed by atoms with van der Waals surface area (Å²) in [5.74, 6) is -0.198. The minimum atomic E-state index is -0.351. The van der Waals surface area contributed by atoms with Gasteiger partial charge in [-0.3, -0.25) is 9.59 Å². The van der Waals surface area contributed by atoms with Crippen LogP contribution in [0.5, 0.6) is 0 Å². The second kappa shape index (κ2) is 9.65. The van der Waals surface area contributed by atoms with Gasteiger partial charge in [0.05, 0.1) is 22.8 Å². The van der Waals surface area contributed by atoms with Crippen LogP contribution in [0, 0.1) is 0 Å². The maximum absolute atomic E-state index is 13.4. The number of rotatable bonds is 6. The number of amides is 1. The number of fused-ring (bicyclic) bond motifs is 1. The van der Waals surface area contributed by atoms with Gasteiger partial charge in [-0.25, -0.2) is 9.67 Å². The molecule has 1 fully saturated rings. The van der Waals surface area contributed by atoms with Gasteiger partial charge in [-0.1, -0.05) is 35.6 Å². The lowest BCUT2D eigenvalue weighted by Crippen LogP contribution is -2.41. The number of aromatic nitrogens is 3. The second-order valence-corrected chi connectivity index (χ2v) is 10.2. The number of thiophene rings is 1. The quantitative estimate of drug-likeness (QED) is 0.404. The van der Waals surface area contributed by atoms with E-state index in [1.54, 1.807) is 16.2 Å². The molecule has 0 N–H and O–H groups in total. The zero-order valence-electron chi connectivity index (χ0n) is 19.0.